The first-order valence-corrected chi connectivity index (χ1v) is 7.60. The van der Waals surface area contributed by atoms with E-state index in [1.165, 1.54) is 28.8 Å². The van der Waals surface area contributed by atoms with Crippen molar-refractivity contribution in [3.05, 3.63) is 75.6 Å². The van der Waals surface area contributed by atoms with Gasteiger partial charge in [0, 0.05) is 11.8 Å². The summed E-state index contributed by atoms with van der Waals surface area (Å²) in [4.78, 5) is 35.7. The molecule has 0 unspecified atom stereocenters. The number of pyridine rings is 1. The zero-order valence-electron chi connectivity index (χ0n) is 13.0. The van der Waals surface area contributed by atoms with E-state index in [2.05, 4.69) is 0 Å². The van der Waals surface area contributed by atoms with Gasteiger partial charge in [0.25, 0.3) is 0 Å². The number of carbonyl (C=O) groups excluding carboxylic acids is 1. The summed E-state index contributed by atoms with van der Waals surface area (Å²) in [6.07, 6.45) is 1.23. The smallest absolute Gasteiger partial charge is 0.337 e. The summed E-state index contributed by atoms with van der Waals surface area (Å²) in [5.41, 5.74) is 0.993. The van der Waals surface area contributed by atoms with Crippen molar-refractivity contribution in [2.45, 2.75) is 6.92 Å². The van der Waals surface area contributed by atoms with Gasteiger partial charge in [-0.1, -0.05) is 23.7 Å². The Morgan fingerprint density at radius 3 is 2.36 bits per heavy atom. The van der Waals surface area contributed by atoms with Crippen LogP contribution in [0.5, 0.6) is 0 Å². The van der Waals surface area contributed by atoms with E-state index in [9.17, 15) is 19.5 Å². The van der Waals surface area contributed by atoms with Crippen molar-refractivity contribution in [1.82, 2.24) is 4.40 Å². The van der Waals surface area contributed by atoms with Crippen LogP contribution < -0.4 is 0 Å². The first-order chi connectivity index (χ1) is 11.8. The molecule has 0 saturated carbocycles. The number of nitrogens with zero attached hydrogens (tertiary/aromatic N) is 1. The zero-order valence-corrected chi connectivity index (χ0v) is 13.7. The summed E-state index contributed by atoms with van der Waals surface area (Å²) < 4.78 is 1.28. The van der Waals surface area contributed by atoms with Gasteiger partial charge in [-0.25, -0.2) is 9.59 Å². The minimum Gasteiger partial charge on any atom is -0.478 e. The van der Waals surface area contributed by atoms with Crippen LogP contribution in [0.15, 0.2) is 42.6 Å². The number of fused-ring (bicyclic) bond motifs is 1. The van der Waals surface area contributed by atoms with Gasteiger partial charge in [0.15, 0.2) is 0 Å². The number of carbonyl (C=O) groups is 3. The van der Waals surface area contributed by atoms with E-state index in [1.807, 2.05) is 0 Å². The maximum Gasteiger partial charge on any atom is 0.337 e. The Labute approximate surface area is 146 Å². The number of rotatable bonds is 4. The maximum atomic E-state index is 13.0. The second kappa shape index (κ2) is 6.07. The summed E-state index contributed by atoms with van der Waals surface area (Å²) in [5, 5.41) is 18.8. The molecule has 0 atom stereocenters. The average molecular weight is 358 g/mol. The molecule has 0 fully saturated rings. The Morgan fingerprint density at radius 2 is 1.76 bits per heavy atom. The number of hydrogen-bond acceptors (Lipinski definition) is 3. The molecule has 0 aliphatic carbocycles. The molecule has 3 rings (SSSR count). The highest BCUT2D eigenvalue weighted by Crippen LogP contribution is 2.26. The number of aromatic nitrogens is 1. The molecule has 2 aromatic heterocycles. The quantitative estimate of drug-likeness (QED) is 0.696. The Balaban J connectivity index is 2.31. The first kappa shape index (κ1) is 16.7. The van der Waals surface area contributed by atoms with Crippen LogP contribution in [0.2, 0.25) is 5.02 Å². The van der Waals surface area contributed by atoms with Crippen LogP contribution >= 0.6 is 11.6 Å². The minimum atomic E-state index is -1.21. The topological polar surface area (TPSA) is 96.1 Å². The van der Waals surface area contributed by atoms with Gasteiger partial charge in [-0.05, 0) is 36.8 Å². The lowest BCUT2D eigenvalue weighted by Gasteiger charge is -2.08. The fourth-order valence-electron chi connectivity index (χ4n) is 2.72. The van der Waals surface area contributed by atoms with E-state index in [1.54, 1.807) is 25.1 Å². The molecular weight excluding hydrogens is 346 g/mol. The predicted octanol–water partition coefficient (Wildman–Crippen LogP) is 3.53. The van der Waals surface area contributed by atoms with Gasteiger partial charge in [-0.3, -0.25) is 4.79 Å². The number of benzene rings is 1. The standard InChI is InChI=1S/C18H12ClNO5/c1-9-3-2-4-12(19)15(9)16(21)14-7-11(18(24)25)13-6-5-10(17(22)23)8-20(13)14/h2-8H,1H3,(H,22,23)(H,24,25). The lowest BCUT2D eigenvalue weighted by molar-refractivity contribution is 0.0687. The van der Waals surface area contributed by atoms with Crippen molar-refractivity contribution in [2.75, 3.05) is 0 Å². The van der Waals surface area contributed by atoms with Crippen molar-refractivity contribution in [2.24, 2.45) is 0 Å². The molecular formula is C18H12ClNO5. The number of carboxylic acid groups (broad SMARTS) is 2. The van der Waals surface area contributed by atoms with Crippen molar-refractivity contribution in [3.63, 3.8) is 0 Å². The van der Waals surface area contributed by atoms with Crippen LogP contribution in [-0.2, 0) is 0 Å². The van der Waals surface area contributed by atoms with Crippen molar-refractivity contribution < 1.29 is 24.6 Å². The predicted molar refractivity (Wildman–Crippen MR) is 90.9 cm³/mol. The molecule has 7 heteroatoms. The Bertz CT molecular complexity index is 1030. The molecule has 0 aliphatic heterocycles. The summed E-state index contributed by atoms with van der Waals surface area (Å²) in [7, 11) is 0. The fraction of sp³-hybridized carbons (Fsp3) is 0.0556. The van der Waals surface area contributed by atoms with E-state index in [4.69, 9.17) is 16.7 Å². The fourth-order valence-corrected chi connectivity index (χ4v) is 3.03. The summed E-state index contributed by atoms with van der Waals surface area (Å²) >= 11 is 6.14. The molecule has 0 bridgehead atoms. The second-order valence-corrected chi connectivity index (χ2v) is 5.89. The summed E-state index contributed by atoms with van der Waals surface area (Å²) in [6.45, 7) is 1.72. The summed E-state index contributed by atoms with van der Waals surface area (Å²) in [5.74, 6) is -2.87. The van der Waals surface area contributed by atoms with Gasteiger partial charge >= 0.3 is 11.9 Å². The number of hydrogen-bond donors (Lipinski definition) is 2. The second-order valence-electron chi connectivity index (χ2n) is 5.49. The van der Waals surface area contributed by atoms with Crippen LogP contribution in [0.4, 0.5) is 0 Å². The monoisotopic (exact) mass is 357 g/mol. The normalized spacial score (nSPS) is 10.8. The third kappa shape index (κ3) is 2.77. The lowest BCUT2D eigenvalue weighted by Crippen LogP contribution is -2.09. The molecule has 0 aliphatic rings. The number of aryl methyl sites for hydroxylation is 1. The number of halogens is 1. The van der Waals surface area contributed by atoms with Crippen molar-refractivity contribution in [1.29, 1.82) is 0 Å². The van der Waals surface area contributed by atoms with Crippen molar-refractivity contribution in [3.8, 4) is 0 Å². The summed E-state index contributed by atoms with van der Waals surface area (Å²) in [6, 6.07) is 8.88. The third-order valence-electron chi connectivity index (χ3n) is 3.92. The van der Waals surface area contributed by atoms with Crippen LogP contribution in [0.3, 0.4) is 0 Å². The largest absolute Gasteiger partial charge is 0.478 e. The number of ketones is 1. The molecule has 6 nitrogen and oxygen atoms in total. The maximum absolute atomic E-state index is 13.0. The molecule has 3 aromatic rings. The Hall–Kier alpha value is -3.12. The number of carboxylic acids is 2. The van der Waals surface area contributed by atoms with Gasteiger partial charge in [0.05, 0.1) is 27.4 Å². The highest BCUT2D eigenvalue weighted by molar-refractivity contribution is 6.35. The van der Waals surface area contributed by atoms with Gasteiger partial charge in [-0.2, -0.15) is 0 Å². The van der Waals surface area contributed by atoms with Crippen LogP contribution in [0, 0.1) is 6.92 Å². The van der Waals surface area contributed by atoms with Crippen LogP contribution in [0.1, 0.15) is 42.3 Å². The van der Waals surface area contributed by atoms with E-state index in [0.717, 1.165) is 0 Å². The van der Waals surface area contributed by atoms with Gasteiger partial charge in [0.1, 0.15) is 0 Å². The highest BCUT2D eigenvalue weighted by Gasteiger charge is 2.23. The van der Waals surface area contributed by atoms with Crippen LogP contribution in [-0.4, -0.2) is 32.3 Å². The van der Waals surface area contributed by atoms with E-state index >= 15 is 0 Å². The SMILES string of the molecule is Cc1cccc(Cl)c1C(=O)c1cc(C(=O)O)c2ccc(C(=O)O)cn12. The first-order valence-electron chi connectivity index (χ1n) is 7.22. The van der Waals surface area contributed by atoms with E-state index in [0.29, 0.717) is 5.56 Å². The average Bonchev–Trinajstić information content (AvgIpc) is 2.93. The van der Waals surface area contributed by atoms with E-state index < -0.39 is 17.7 Å². The molecule has 25 heavy (non-hydrogen) atoms. The van der Waals surface area contributed by atoms with Crippen LogP contribution in [0.25, 0.3) is 5.52 Å². The zero-order chi connectivity index (χ0) is 18.3. The lowest BCUT2D eigenvalue weighted by atomic mass is 10.0. The highest BCUT2D eigenvalue weighted by atomic mass is 35.5. The Kier molecular flexibility index (Phi) is 4.06. The van der Waals surface area contributed by atoms with Crippen molar-refractivity contribution >= 4 is 34.8 Å². The molecule has 0 radical (unpaired) electrons. The molecule has 1 aromatic carbocycles. The molecule has 0 spiro atoms. The minimum absolute atomic E-state index is 0.0340. The third-order valence-corrected chi connectivity index (χ3v) is 4.24. The van der Waals surface area contributed by atoms with Gasteiger partial charge in [-0.15, -0.1) is 0 Å². The Morgan fingerprint density at radius 1 is 1.04 bits per heavy atom. The number of aromatic carboxylic acids is 2. The van der Waals surface area contributed by atoms with Gasteiger partial charge < -0.3 is 14.6 Å². The molecule has 0 amide bonds. The molecule has 2 N–H and O–H groups in total. The molecule has 126 valence electrons. The molecule has 2 heterocycles. The van der Waals surface area contributed by atoms with Gasteiger partial charge in [0.2, 0.25) is 5.78 Å². The van der Waals surface area contributed by atoms with E-state index in [-0.39, 0.29) is 32.9 Å². The molecule has 0 saturated heterocycles.